The maximum absolute atomic E-state index is 9.26. The van der Waals surface area contributed by atoms with Gasteiger partial charge in [0.15, 0.2) is 0 Å². The number of benzene rings is 1. The summed E-state index contributed by atoms with van der Waals surface area (Å²) in [6.45, 7) is 9.75. The number of hydrogen-bond acceptors (Lipinski definition) is 2. The lowest BCUT2D eigenvalue weighted by atomic mass is 10.0. The van der Waals surface area contributed by atoms with Crippen LogP contribution in [0.2, 0.25) is 0 Å². The largest absolute Gasteiger partial charge is 0.395 e. The van der Waals surface area contributed by atoms with Crippen LogP contribution in [0.5, 0.6) is 0 Å². The van der Waals surface area contributed by atoms with Crippen molar-refractivity contribution in [1.29, 1.82) is 0 Å². The molecular weight excluding hydrogens is 222 g/mol. The molecule has 0 spiro atoms. The first-order chi connectivity index (χ1) is 8.52. The van der Waals surface area contributed by atoms with Crippen molar-refractivity contribution in [1.82, 2.24) is 5.32 Å². The highest BCUT2D eigenvalue weighted by Gasteiger charge is 2.10. The molecular formula is C16H27NO. The second-order valence-corrected chi connectivity index (χ2v) is 5.83. The highest BCUT2D eigenvalue weighted by Crippen LogP contribution is 2.10. The molecule has 0 heterocycles. The van der Waals surface area contributed by atoms with Gasteiger partial charge in [-0.05, 0) is 29.4 Å². The van der Waals surface area contributed by atoms with E-state index in [0.29, 0.717) is 11.8 Å². The van der Waals surface area contributed by atoms with Gasteiger partial charge >= 0.3 is 0 Å². The minimum atomic E-state index is 0.181. The van der Waals surface area contributed by atoms with Crippen molar-refractivity contribution in [3.8, 4) is 0 Å². The summed E-state index contributed by atoms with van der Waals surface area (Å²) in [6.07, 6.45) is 1.14. The average molecular weight is 249 g/mol. The van der Waals surface area contributed by atoms with E-state index in [1.54, 1.807) is 0 Å². The number of aliphatic hydroxyl groups is 1. The van der Waals surface area contributed by atoms with Gasteiger partial charge in [0, 0.05) is 12.6 Å². The van der Waals surface area contributed by atoms with Crippen molar-refractivity contribution in [2.24, 2.45) is 11.8 Å². The summed E-state index contributed by atoms with van der Waals surface area (Å²) >= 11 is 0. The van der Waals surface area contributed by atoms with E-state index in [9.17, 15) is 5.11 Å². The fourth-order valence-corrected chi connectivity index (χ4v) is 2.02. The molecule has 1 aromatic carbocycles. The number of hydrogen-bond donors (Lipinski definition) is 2. The molecule has 0 aromatic heterocycles. The van der Waals surface area contributed by atoms with Crippen LogP contribution < -0.4 is 5.32 Å². The molecule has 0 unspecified atom stereocenters. The molecule has 2 heteroatoms. The molecule has 0 radical (unpaired) electrons. The molecule has 0 saturated heterocycles. The average Bonchev–Trinajstić information content (AvgIpc) is 2.31. The summed E-state index contributed by atoms with van der Waals surface area (Å²) in [5.41, 5.74) is 2.68. The van der Waals surface area contributed by atoms with Crippen LogP contribution >= 0.6 is 0 Å². The minimum Gasteiger partial charge on any atom is -0.395 e. The molecule has 0 fully saturated rings. The number of nitrogens with one attached hydrogen (secondary N) is 1. The fraction of sp³-hybridized carbons (Fsp3) is 0.625. The van der Waals surface area contributed by atoms with Crippen molar-refractivity contribution in [2.45, 2.75) is 46.7 Å². The Balaban J connectivity index is 2.48. The lowest BCUT2D eigenvalue weighted by Crippen LogP contribution is -2.36. The van der Waals surface area contributed by atoms with Gasteiger partial charge in [0.1, 0.15) is 0 Å². The van der Waals surface area contributed by atoms with E-state index >= 15 is 0 Å². The Morgan fingerprint density at radius 2 is 1.56 bits per heavy atom. The van der Waals surface area contributed by atoms with E-state index < -0.39 is 0 Å². The molecule has 102 valence electrons. The van der Waals surface area contributed by atoms with Crippen molar-refractivity contribution in [2.75, 3.05) is 6.61 Å². The molecule has 0 aliphatic rings. The smallest absolute Gasteiger partial charge is 0.0587 e. The molecule has 0 amide bonds. The van der Waals surface area contributed by atoms with E-state index in [0.717, 1.165) is 13.0 Å². The summed E-state index contributed by atoms with van der Waals surface area (Å²) in [5, 5.41) is 12.7. The van der Waals surface area contributed by atoms with Gasteiger partial charge in [-0.1, -0.05) is 52.0 Å². The van der Waals surface area contributed by atoms with Crippen LogP contribution in [0.1, 0.15) is 38.8 Å². The van der Waals surface area contributed by atoms with Crippen molar-refractivity contribution in [3.05, 3.63) is 35.4 Å². The molecule has 1 atom stereocenters. The molecule has 2 N–H and O–H groups in total. The Hall–Kier alpha value is -0.860. The first kappa shape index (κ1) is 15.2. The van der Waals surface area contributed by atoms with Gasteiger partial charge in [0.2, 0.25) is 0 Å². The van der Waals surface area contributed by atoms with Crippen LogP contribution in [0.15, 0.2) is 24.3 Å². The van der Waals surface area contributed by atoms with E-state index in [-0.39, 0.29) is 12.6 Å². The van der Waals surface area contributed by atoms with Gasteiger partial charge in [-0.15, -0.1) is 0 Å². The highest BCUT2D eigenvalue weighted by atomic mass is 16.3. The van der Waals surface area contributed by atoms with Gasteiger partial charge in [-0.2, -0.15) is 0 Å². The zero-order chi connectivity index (χ0) is 13.5. The Morgan fingerprint density at radius 1 is 1.00 bits per heavy atom. The summed E-state index contributed by atoms with van der Waals surface area (Å²) in [4.78, 5) is 0. The molecule has 1 rings (SSSR count). The van der Waals surface area contributed by atoms with Crippen molar-refractivity contribution < 1.29 is 5.11 Å². The third-order valence-corrected chi connectivity index (χ3v) is 3.24. The minimum absolute atomic E-state index is 0.181. The summed E-state index contributed by atoms with van der Waals surface area (Å²) in [7, 11) is 0. The second-order valence-electron chi connectivity index (χ2n) is 5.83. The maximum atomic E-state index is 9.26. The Labute approximate surface area is 111 Å². The third-order valence-electron chi connectivity index (χ3n) is 3.24. The standard InChI is InChI=1S/C16H27NO/c1-12(2)9-14-5-7-15(8-6-14)10-17-16(11-18)13(3)4/h5-8,12-13,16-18H,9-11H2,1-4H3/t16-/m1/s1. The van der Waals surface area contributed by atoms with Gasteiger partial charge in [-0.3, -0.25) is 0 Å². The molecule has 0 bridgehead atoms. The SMILES string of the molecule is CC(C)Cc1ccc(CN[C@H](CO)C(C)C)cc1. The predicted molar refractivity (Wildman–Crippen MR) is 77.5 cm³/mol. The normalized spacial score (nSPS) is 13.3. The van der Waals surface area contributed by atoms with Gasteiger partial charge in [0.05, 0.1) is 6.61 Å². The summed E-state index contributed by atoms with van der Waals surface area (Å²) < 4.78 is 0. The van der Waals surface area contributed by atoms with E-state index in [2.05, 4.69) is 57.3 Å². The van der Waals surface area contributed by atoms with Crippen LogP contribution in [-0.2, 0) is 13.0 Å². The van der Waals surface area contributed by atoms with Crippen LogP contribution in [0.25, 0.3) is 0 Å². The summed E-state index contributed by atoms with van der Waals surface area (Å²) in [6, 6.07) is 8.96. The Morgan fingerprint density at radius 3 is 2.00 bits per heavy atom. The quantitative estimate of drug-likeness (QED) is 0.778. The highest BCUT2D eigenvalue weighted by molar-refractivity contribution is 5.22. The van der Waals surface area contributed by atoms with Gasteiger partial charge < -0.3 is 10.4 Å². The van der Waals surface area contributed by atoms with Crippen LogP contribution in [0, 0.1) is 11.8 Å². The third kappa shape index (κ3) is 5.19. The van der Waals surface area contributed by atoms with E-state index in [1.807, 2.05) is 0 Å². The zero-order valence-corrected chi connectivity index (χ0v) is 12.1. The molecule has 2 nitrogen and oxygen atoms in total. The second kappa shape index (κ2) is 7.55. The Bertz CT molecular complexity index is 329. The monoisotopic (exact) mass is 249 g/mol. The van der Waals surface area contributed by atoms with Crippen molar-refractivity contribution in [3.63, 3.8) is 0 Å². The van der Waals surface area contributed by atoms with Crippen molar-refractivity contribution >= 4 is 0 Å². The maximum Gasteiger partial charge on any atom is 0.0587 e. The van der Waals surface area contributed by atoms with Gasteiger partial charge in [0.25, 0.3) is 0 Å². The summed E-state index contributed by atoms with van der Waals surface area (Å²) in [5.74, 6) is 1.16. The molecule has 0 aliphatic heterocycles. The van der Waals surface area contributed by atoms with Crippen LogP contribution in [0.4, 0.5) is 0 Å². The van der Waals surface area contributed by atoms with Gasteiger partial charge in [-0.25, -0.2) is 0 Å². The van der Waals surface area contributed by atoms with E-state index in [4.69, 9.17) is 0 Å². The topological polar surface area (TPSA) is 32.3 Å². The molecule has 0 saturated carbocycles. The zero-order valence-electron chi connectivity index (χ0n) is 12.1. The predicted octanol–water partition coefficient (Wildman–Crippen LogP) is 2.99. The molecule has 0 aliphatic carbocycles. The van der Waals surface area contributed by atoms with E-state index in [1.165, 1.54) is 11.1 Å². The number of rotatable bonds is 7. The first-order valence-corrected chi connectivity index (χ1v) is 6.95. The first-order valence-electron chi connectivity index (χ1n) is 6.95. The van der Waals surface area contributed by atoms with Crippen LogP contribution in [-0.4, -0.2) is 17.8 Å². The molecule has 18 heavy (non-hydrogen) atoms. The molecule has 1 aromatic rings. The van der Waals surface area contributed by atoms with Crippen LogP contribution in [0.3, 0.4) is 0 Å². The Kier molecular flexibility index (Phi) is 6.37. The lowest BCUT2D eigenvalue weighted by Gasteiger charge is -2.20. The number of aliphatic hydroxyl groups excluding tert-OH is 1. The fourth-order valence-electron chi connectivity index (χ4n) is 2.02. The lowest BCUT2D eigenvalue weighted by molar-refractivity contribution is 0.210.